The highest BCUT2D eigenvalue weighted by molar-refractivity contribution is 6.32. The average molecular weight is 408 g/mol. The summed E-state index contributed by atoms with van der Waals surface area (Å²) in [6.07, 6.45) is -0.985. The monoisotopic (exact) mass is 407 g/mol. The molecular formula is C17H9ClF3N5O2. The molecule has 142 valence electrons. The van der Waals surface area contributed by atoms with E-state index < -0.39 is 17.8 Å². The van der Waals surface area contributed by atoms with Gasteiger partial charge in [-0.1, -0.05) is 11.6 Å². The quantitative estimate of drug-likeness (QED) is 0.511. The first kappa shape index (κ1) is 18.0. The van der Waals surface area contributed by atoms with Crippen molar-refractivity contribution in [2.45, 2.75) is 6.18 Å². The zero-order chi connectivity index (χ0) is 19.9. The molecule has 0 aliphatic rings. The summed E-state index contributed by atoms with van der Waals surface area (Å²) in [5.74, 6) is -0.613. The van der Waals surface area contributed by atoms with Crippen molar-refractivity contribution in [2.24, 2.45) is 0 Å². The molecule has 4 aromatic rings. The molecule has 0 atom stereocenters. The third-order valence-electron chi connectivity index (χ3n) is 3.79. The van der Waals surface area contributed by atoms with Gasteiger partial charge in [-0.15, -0.1) is 0 Å². The van der Waals surface area contributed by atoms with Gasteiger partial charge in [0.05, 0.1) is 18.1 Å². The molecule has 0 saturated carbocycles. The summed E-state index contributed by atoms with van der Waals surface area (Å²) in [5, 5.41) is 6.21. The molecule has 0 fully saturated rings. The van der Waals surface area contributed by atoms with E-state index >= 15 is 0 Å². The maximum Gasteiger partial charge on any atom is 0.433 e. The highest BCUT2D eigenvalue weighted by atomic mass is 35.5. The Hall–Kier alpha value is -3.40. The van der Waals surface area contributed by atoms with Crippen molar-refractivity contribution in [3.63, 3.8) is 0 Å². The summed E-state index contributed by atoms with van der Waals surface area (Å²) >= 11 is 5.90. The van der Waals surface area contributed by atoms with Crippen molar-refractivity contribution in [3.05, 3.63) is 65.4 Å². The standard InChI is InChI=1S/C17H9ClF3N5O2/c18-14-10(3-1-5-22-14)25-16(27)9-8-23-26-13(17(19,20)21)7-11(24-15(9)26)12-4-2-6-28-12/h1-8H,(H,25,27). The van der Waals surface area contributed by atoms with Crippen molar-refractivity contribution in [3.8, 4) is 11.5 Å². The highest BCUT2D eigenvalue weighted by Gasteiger charge is 2.36. The van der Waals surface area contributed by atoms with Crippen molar-refractivity contribution < 1.29 is 22.4 Å². The number of hydrogen-bond acceptors (Lipinski definition) is 5. The largest absolute Gasteiger partial charge is 0.463 e. The van der Waals surface area contributed by atoms with Gasteiger partial charge < -0.3 is 9.73 Å². The maximum absolute atomic E-state index is 13.5. The number of anilines is 1. The van der Waals surface area contributed by atoms with Crippen molar-refractivity contribution >= 4 is 28.8 Å². The van der Waals surface area contributed by atoms with Crippen LogP contribution in [-0.2, 0) is 6.18 Å². The van der Waals surface area contributed by atoms with Gasteiger partial charge in [0.1, 0.15) is 11.3 Å². The molecule has 0 bridgehead atoms. The lowest BCUT2D eigenvalue weighted by atomic mass is 10.2. The first-order valence-electron chi connectivity index (χ1n) is 7.76. The van der Waals surface area contributed by atoms with Gasteiger partial charge in [-0.3, -0.25) is 4.79 Å². The van der Waals surface area contributed by atoms with Crippen LogP contribution in [0.2, 0.25) is 5.15 Å². The van der Waals surface area contributed by atoms with Crippen LogP contribution in [0.25, 0.3) is 17.1 Å². The van der Waals surface area contributed by atoms with Gasteiger partial charge >= 0.3 is 6.18 Å². The fourth-order valence-electron chi connectivity index (χ4n) is 2.54. The van der Waals surface area contributed by atoms with Gasteiger partial charge in [-0.05, 0) is 30.3 Å². The van der Waals surface area contributed by atoms with Crippen molar-refractivity contribution in [2.75, 3.05) is 5.32 Å². The lowest BCUT2D eigenvalue weighted by Gasteiger charge is -2.11. The van der Waals surface area contributed by atoms with Gasteiger partial charge in [0.25, 0.3) is 5.91 Å². The fourth-order valence-corrected chi connectivity index (χ4v) is 2.71. The van der Waals surface area contributed by atoms with E-state index in [0.717, 1.165) is 12.3 Å². The third-order valence-corrected chi connectivity index (χ3v) is 4.09. The summed E-state index contributed by atoms with van der Waals surface area (Å²) in [6, 6.07) is 6.83. The van der Waals surface area contributed by atoms with Crippen LogP contribution < -0.4 is 5.32 Å². The number of halogens is 4. The number of carbonyl (C=O) groups excluding carboxylic acids is 1. The van der Waals surface area contributed by atoms with Gasteiger partial charge in [-0.25, -0.2) is 14.5 Å². The number of amides is 1. The number of hydrogen-bond donors (Lipinski definition) is 1. The molecule has 4 rings (SSSR count). The second-order valence-electron chi connectivity index (χ2n) is 5.59. The molecule has 0 aliphatic carbocycles. The zero-order valence-corrected chi connectivity index (χ0v) is 14.5. The molecule has 0 saturated heterocycles. The predicted molar refractivity (Wildman–Crippen MR) is 92.9 cm³/mol. The Morgan fingerprint density at radius 3 is 2.75 bits per heavy atom. The maximum atomic E-state index is 13.5. The molecule has 4 aromatic heterocycles. The van der Waals surface area contributed by atoms with E-state index in [2.05, 4.69) is 20.4 Å². The number of carbonyl (C=O) groups is 1. The molecule has 28 heavy (non-hydrogen) atoms. The van der Waals surface area contributed by atoms with Crippen molar-refractivity contribution in [1.82, 2.24) is 19.6 Å². The zero-order valence-electron chi connectivity index (χ0n) is 13.7. The number of rotatable bonds is 3. The Morgan fingerprint density at radius 2 is 2.07 bits per heavy atom. The van der Waals surface area contributed by atoms with E-state index in [9.17, 15) is 18.0 Å². The number of nitrogens with zero attached hydrogens (tertiary/aromatic N) is 4. The Morgan fingerprint density at radius 1 is 1.25 bits per heavy atom. The van der Waals surface area contributed by atoms with E-state index in [1.54, 1.807) is 6.07 Å². The van der Waals surface area contributed by atoms with Crippen molar-refractivity contribution in [1.29, 1.82) is 0 Å². The average Bonchev–Trinajstić information content (AvgIpc) is 3.31. The number of fused-ring (bicyclic) bond motifs is 1. The minimum Gasteiger partial charge on any atom is -0.463 e. The number of furan rings is 1. The number of alkyl halides is 3. The van der Waals surface area contributed by atoms with Crippen LogP contribution in [0.1, 0.15) is 16.1 Å². The van der Waals surface area contributed by atoms with E-state index in [1.165, 1.54) is 30.7 Å². The fraction of sp³-hybridized carbons (Fsp3) is 0.0588. The van der Waals surface area contributed by atoms with Crippen LogP contribution in [0.5, 0.6) is 0 Å². The Labute approximate surface area is 159 Å². The van der Waals surface area contributed by atoms with Gasteiger partial charge in [0, 0.05) is 6.20 Å². The molecular weight excluding hydrogens is 399 g/mol. The second-order valence-corrected chi connectivity index (χ2v) is 5.95. The molecule has 0 radical (unpaired) electrons. The number of nitrogens with one attached hydrogen (secondary N) is 1. The summed E-state index contributed by atoms with van der Waals surface area (Å²) in [5.41, 5.74) is -1.43. The Kier molecular flexibility index (Phi) is 4.27. The minimum absolute atomic E-state index is 0.0348. The molecule has 0 unspecified atom stereocenters. The molecule has 0 aromatic carbocycles. The number of pyridine rings is 1. The molecule has 4 heterocycles. The first-order chi connectivity index (χ1) is 13.3. The topological polar surface area (TPSA) is 85.3 Å². The highest BCUT2D eigenvalue weighted by Crippen LogP contribution is 2.33. The SMILES string of the molecule is O=C(Nc1cccnc1Cl)c1cnn2c(C(F)(F)F)cc(-c3ccco3)nc12. The van der Waals surface area contributed by atoms with Crippen LogP contribution >= 0.6 is 11.6 Å². The molecule has 7 nitrogen and oxygen atoms in total. The van der Waals surface area contributed by atoms with E-state index in [0.29, 0.717) is 4.52 Å². The number of aromatic nitrogens is 4. The summed E-state index contributed by atoms with van der Waals surface area (Å²) in [6.45, 7) is 0. The lowest BCUT2D eigenvalue weighted by Crippen LogP contribution is -2.16. The molecule has 1 amide bonds. The smallest absolute Gasteiger partial charge is 0.433 e. The molecule has 11 heteroatoms. The predicted octanol–water partition coefficient (Wildman–Crippen LogP) is 4.31. The van der Waals surface area contributed by atoms with Crippen LogP contribution in [-0.4, -0.2) is 25.5 Å². The van der Waals surface area contributed by atoms with Crippen LogP contribution in [0.3, 0.4) is 0 Å². The normalized spacial score (nSPS) is 11.7. The van der Waals surface area contributed by atoms with Crippen LogP contribution in [0.4, 0.5) is 18.9 Å². The third kappa shape index (κ3) is 3.18. The van der Waals surface area contributed by atoms with E-state index in [-0.39, 0.29) is 33.5 Å². The van der Waals surface area contributed by atoms with E-state index in [1.807, 2.05) is 0 Å². The van der Waals surface area contributed by atoms with Gasteiger partial charge in [-0.2, -0.15) is 18.3 Å². The molecule has 0 spiro atoms. The molecule has 1 N–H and O–H groups in total. The Balaban J connectivity index is 1.85. The van der Waals surface area contributed by atoms with Gasteiger partial charge in [0.2, 0.25) is 0 Å². The lowest BCUT2D eigenvalue weighted by molar-refractivity contribution is -0.142. The summed E-state index contributed by atoms with van der Waals surface area (Å²) < 4.78 is 46.2. The summed E-state index contributed by atoms with van der Waals surface area (Å²) in [7, 11) is 0. The van der Waals surface area contributed by atoms with Crippen LogP contribution in [0, 0.1) is 0 Å². The van der Waals surface area contributed by atoms with Crippen LogP contribution in [0.15, 0.2) is 53.4 Å². The summed E-state index contributed by atoms with van der Waals surface area (Å²) in [4.78, 5) is 20.6. The Bertz CT molecular complexity index is 1170. The van der Waals surface area contributed by atoms with Gasteiger partial charge in [0.15, 0.2) is 22.3 Å². The first-order valence-corrected chi connectivity index (χ1v) is 8.14. The van der Waals surface area contributed by atoms with E-state index in [4.69, 9.17) is 16.0 Å². The molecule has 0 aliphatic heterocycles. The second kappa shape index (κ2) is 6.64. The minimum atomic E-state index is -4.73.